The van der Waals surface area contributed by atoms with Crippen LogP contribution in [0.3, 0.4) is 0 Å². The Hall–Kier alpha value is -2.03. The van der Waals surface area contributed by atoms with Crippen LogP contribution in [-0.4, -0.2) is 30.0 Å². The third-order valence-electron chi connectivity index (χ3n) is 3.90. The number of fused-ring (bicyclic) bond motifs is 1. The lowest BCUT2D eigenvalue weighted by molar-refractivity contribution is -0.0435. The predicted molar refractivity (Wildman–Crippen MR) is 77.6 cm³/mol. The fraction of sp³-hybridized carbons (Fsp3) is 0.357. The molecule has 5 nitrogen and oxygen atoms in total. The van der Waals surface area contributed by atoms with Crippen LogP contribution in [0.4, 0.5) is 18.9 Å². The average molecular weight is 345 g/mol. The molecule has 0 N–H and O–H groups in total. The molecule has 2 heterocycles. The van der Waals surface area contributed by atoms with Gasteiger partial charge in [0, 0.05) is 25.7 Å². The highest BCUT2D eigenvalue weighted by Gasteiger charge is 2.48. The number of hydrogen-bond acceptors (Lipinski definition) is 4. The summed E-state index contributed by atoms with van der Waals surface area (Å²) < 4.78 is 64.1. The molecule has 0 amide bonds. The highest BCUT2D eigenvalue weighted by molar-refractivity contribution is 7.92. The molecule has 0 saturated carbocycles. The molecular formula is C14H14F3N3O2S. The molecule has 0 fully saturated rings. The third kappa shape index (κ3) is 2.58. The molecule has 0 spiro atoms. The van der Waals surface area contributed by atoms with Gasteiger partial charge in [0.2, 0.25) is 0 Å². The molecule has 1 aromatic carbocycles. The number of halogens is 3. The third-order valence-corrected chi connectivity index (χ3v) is 5.44. The van der Waals surface area contributed by atoms with Gasteiger partial charge in [-0.05, 0) is 12.1 Å². The predicted octanol–water partition coefficient (Wildman–Crippen LogP) is 2.28. The van der Waals surface area contributed by atoms with Crippen molar-refractivity contribution in [2.45, 2.75) is 23.4 Å². The molecule has 9 heteroatoms. The maximum Gasteiger partial charge on any atom is 0.501 e. The van der Waals surface area contributed by atoms with Gasteiger partial charge in [0.1, 0.15) is 0 Å². The van der Waals surface area contributed by atoms with E-state index in [2.05, 4.69) is 4.98 Å². The lowest BCUT2D eigenvalue weighted by Gasteiger charge is -2.30. The second kappa shape index (κ2) is 5.26. The second-order valence-corrected chi connectivity index (χ2v) is 7.25. The van der Waals surface area contributed by atoms with E-state index in [0.29, 0.717) is 13.0 Å². The molecule has 0 saturated heterocycles. The number of benzene rings is 1. The van der Waals surface area contributed by atoms with E-state index < -0.39 is 20.2 Å². The fourth-order valence-corrected chi connectivity index (χ4v) is 3.71. The number of nitrogens with zero attached hydrogens (tertiary/aromatic N) is 3. The van der Waals surface area contributed by atoms with Crippen molar-refractivity contribution in [3.8, 4) is 0 Å². The topological polar surface area (TPSA) is 55.2 Å². The molecular weight excluding hydrogens is 331 g/mol. The molecule has 0 unspecified atom stereocenters. The summed E-state index contributed by atoms with van der Waals surface area (Å²) in [4.78, 5) is 5.13. The van der Waals surface area contributed by atoms with Gasteiger partial charge in [-0.25, -0.2) is 13.4 Å². The summed E-state index contributed by atoms with van der Waals surface area (Å²) in [6.07, 6.45) is 2.23. The number of aryl methyl sites for hydroxylation is 1. The first kappa shape index (κ1) is 15.9. The summed E-state index contributed by atoms with van der Waals surface area (Å²) in [5.41, 5.74) is -3.51. The summed E-state index contributed by atoms with van der Waals surface area (Å²) in [5.74, 6) is 0. The Balaban J connectivity index is 2.03. The van der Waals surface area contributed by atoms with Crippen molar-refractivity contribution in [2.24, 2.45) is 7.05 Å². The molecule has 1 aromatic heterocycles. The van der Waals surface area contributed by atoms with Gasteiger partial charge in [-0.15, -0.1) is 0 Å². The number of hydrogen-bond donors (Lipinski definition) is 0. The van der Waals surface area contributed by atoms with E-state index in [9.17, 15) is 21.6 Å². The second-order valence-electron chi connectivity index (χ2n) is 5.34. The number of sulfone groups is 1. The van der Waals surface area contributed by atoms with Crippen LogP contribution < -0.4 is 4.90 Å². The average Bonchev–Trinajstić information content (AvgIpc) is 2.87. The monoisotopic (exact) mass is 345 g/mol. The van der Waals surface area contributed by atoms with E-state index in [1.165, 1.54) is 18.2 Å². The number of anilines is 1. The van der Waals surface area contributed by atoms with Crippen molar-refractivity contribution in [1.82, 2.24) is 9.55 Å². The van der Waals surface area contributed by atoms with Crippen molar-refractivity contribution < 1.29 is 21.6 Å². The maximum absolute atomic E-state index is 12.9. The number of rotatable bonds is 2. The Morgan fingerprint density at radius 2 is 1.91 bits per heavy atom. The van der Waals surface area contributed by atoms with Gasteiger partial charge in [-0.1, -0.05) is 12.1 Å². The molecule has 2 aromatic rings. The smallest absolute Gasteiger partial charge is 0.364 e. The normalized spacial score (nSPS) is 15.6. The molecule has 1 aliphatic rings. The van der Waals surface area contributed by atoms with Crippen molar-refractivity contribution in [3.05, 3.63) is 42.0 Å². The van der Waals surface area contributed by atoms with Crippen molar-refractivity contribution in [3.63, 3.8) is 0 Å². The van der Waals surface area contributed by atoms with Crippen LogP contribution in [0.1, 0.15) is 11.4 Å². The van der Waals surface area contributed by atoms with Crippen molar-refractivity contribution in [1.29, 1.82) is 0 Å². The van der Waals surface area contributed by atoms with Gasteiger partial charge >= 0.3 is 5.51 Å². The minimum Gasteiger partial charge on any atom is -0.364 e. The molecule has 0 radical (unpaired) electrons. The van der Waals surface area contributed by atoms with Gasteiger partial charge in [0.05, 0.1) is 29.1 Å². The zero-order valence-electron chi connectivity index (χ0n) is 12.2. The Morgan fingerprint density at radius 3 is 2.61 bits per heavy atom. The number of para-hydroxylation sites is 1. The number of alkyl halides is 3. The maximum atomic E-state index is 12.9. The Labute approximate surface area is 131 Å². The van der Waals surface area contributed by atoms with Crippen LogP contribution in [0.2, 0.25) is 0 Å². The largest absolute Gasteiger partial charge is 0.501 e. The zero-order chi connectivity index (χ0) is 16.8. The molecule has 0 atom stereocenters. The molecule has 3 rings (SSSR count). The minimum absolute atomic E-state index is 0.0566. The first-order valence-corrected chi connectivity index (χ1v) is 8.34. The Kier molecular flexibility index (Phi) is 3.62. The van der Waals surface area contributed by atoms with Crippen LogP contribution in [0, 0.1) is 0 Å². The van der Waals surface area contributed by atoms with Crippen LogP contribution in [0.15, 0.2) is 35.5 Å². The van der Waals surface area contributed by atoms with Crippen LogP contribution in [0.5, 0.6) is 0 Å². The van der Waals surface area contributed by atoms with Crippen molar-refractivity contribution >= 4 is 15.5 Å². The Bertz CT molecular complexity index is 843. The van der Waals surface area contributed by atoms with Gasteiger partial charge in [0.25, 0.3) is 9.84 Å². The number of imidazole rings is 1. The lowest BCUT2D eigenvalue weighted by Crippen LogP contribution is -2.33. The molecule has 0 bridgehead atoms. The van der Waals surface area contributed by atoms with Crippen molar-refractivity contribution in [2.75, 3.05) is 11.4 Å². The summed E-state index contributed by atoms with van der Waals surface area (Å²) >= 11 is 0. The molecule has 0 aliphatic carbocycles. The first-order valence-electron chi connectivity index (χ1n) is 6.86. The summed E-state index contributed by atoms with van der Waals surface area (Å²) in [6, 6.07) is 5.20. The van der Waals surface area contributed by atoms with Crippen LogP contribution in [-0.2, 0) is 29.9 Å². The van der Waals surface area contributed by atoms with Gasteiger partial charge < -0.3 is 9.47 Å². The van der Waals surface area contributed by atoms with Gasteiger partial charge in [0.15, 0.2) is 0 Å². The summed E-state index contributed by atoms with van der Waals surface area (Å²) in [5, 5.41) is 0. The quantitative estimate of drug-likeness (QED) is 0.838. The van der Waals surface area contributed by atoms with E-state index in [-0.39, 0.29) is 12.2 Å². The minimum atomic E-state index is -5.40. The van der Waals surface area contributed by atoms with Gasteiger partial charge in [-0.3, -0.25) is 0 Å². The van der Waals surface area contributed by atoms with Crippen LogP contribution in [0.25, 0.3) is 0 Å². The number of aromatic nitrogens is 2. The van der Waals surface area contributed by atoms with E-state index in [1.807, 2.05) is 11.6 Å². The highest BCUT2D eigenvalue weighted by atomic mass is 32.2. The van der Waals surface area contributed by atoms with Gasteiger partial charge in [-0.2, -0.15) is 13.2 Å². The molecule has 23 heavy (non-hydrogen) atoms. The summed E-state index contributed by atoms with van der Waals surface area (Å²) in [7, 11) is -3.55. The van der Waals surface area contributed by atoms with E-state index in [4.69, 9.17) is 0 Å². The SMILES string of the molecule is Cn1cnc2c1CCN(c1ccccc1S(=O)(=O)C(F)(F)F)C2. The highest BCUT2D eigenvalue weighted by Crippen LogP contribution is 2.37. The molecule has 1 aliphatic heterocycles. The Morgan fingerprint density at radius 1 is 1.22 bits per heavy atom. The zero-order valence-corrected chi connectivity index (χ0v) is 13.0. The summed E-state index contributed by atoms with van der Waals surface area (Å²) in [6.45, 7) is 0.706. The first-order chi connectivity index (χ1) is 10.7. The lowest BCUT2D eigenvalue weighted by atomic mass is 10.1. The van der Waals surface area contributed by atoms with E-state index in [0.717, 1.165) is 17.5 Å². The fourth-order valence-electron chi connectivity index (χ4n) is 2.73. The van der Waals surface area contributed by atoms with E-state index in [1.54, 1.807) is 11.2 Å². The standard InChI is InChI=1S/C14H14F3N3O2S/c1-19-9-18-10-8-20(7-6-11(10)19)12-4-2-3-5-13(12)23(21,22)14(15,16)17/h2-5,9H,6-8H2,1H3. The van der Waals surface area contributed by atoms with E-state index >= 15 is 0 Å². The van der Waals surface area contributed by atoms with Crippen LogP contribution >= 0.6 is 0 Å². The molecule has 124 valence electrons.